The number of halogens is 4. The molecule has 37 heavy (non-hydrogen) atoms. The predicted octanol–water partition coefficient (Wildman–Crippen LogP) is 7.48. The van der Waals surface area contributed by atoms with E-state index in [1.165, 1.54) is 17.4 Å². The second kappa shape index (κ2) is 9.79. The van der Waals surface area contributed by atoms with Gasteiger partial charge in [-0.1, -0.05) is 35.1 Å². The number of aromatic amines is 1. The Morgan fingerprint density at radius 2 is 1.95 bits per heavy atom. The first-order valence-electron chi connectivity index (χ1n) is 10.9. The predicted molar refractivity (Wildman–Crippen MR) is 140 cm³/mol. The average molecular weight is 540 g/mol. The van der Waals surface area contributed by atoms with Crippen LogP contribution in [0.2, 0.25) is 5.02 Å². The number of fused-ring (bicyclic) bond motifs is 1. The number of amides is 1. The fourth-order valence-corrected chi connectivity index (χ4v) is 4.90. The van der Waals surface area contributed by atoms with Crippen LogP contribution in [0.1, 0.15) is 33.0 Å². The van der Waals surface area contributed by atoms with E-state index in [0.29, 0.717) is 5.69 Å². The first-order chi connectivity index (χ1) is 17.7. The van der Waals surface area contributed by atoms with Crippen LogP contribution in [0.5, 0.6) is 0 Å². The molecule has 2 N–H and O–H groups in total. The van der Waals surface area contributed by atoms with Crippen LogP contribution in [0.15, 0.2) is 60.8 Å². The van der Waals surface area contributed by atoms with Crippen molar-refractivity contribution in [3.05, 3.63) is 94.0 Å². The first-order valence-corrected chi connectivity index (χ1v) is 12.1. The van der Waals surface area contributed by atoms with Gasteiger partial charge in [-0.2, -0.15) is 18.3 Å². The van der Waals surface area contributed by atoms with Crippen molar-refractivity contribution in [2.24, 2.45) is 0 Å². The molecule has 0 spiro atoms. The molecule has 0 bridgehead atoms. The largest absolute Gasteiger partial charge is 0.417 e. The zero-order valence-corrected chi connectivity index (χ0v) is 20.7. The number of nitrogens with zero attached hydrogens (tertiary/aromatic N) is 3. The van der Waals surface area contributed by atoms with Crippen molar-refractivity contribution in [3.63, 3.8) is 0 Å². The highest BCUT2D eigenvalue weighted by Gasteiger charge is 2.34. The van der Waals surface area contributed by atoms with Crippen molar-refractivity contribution in [1.29, 1.82) is 0 Å². The van der Waals surface area contributed by atoms with Gasteiger partial charge in [0.25, 0.3) is 5.91 Å². The third-order valence-corrected chi connectivity index (χ3v) is 6.96. The summed E-state index contributed by atoms with van der Waals surface area (Å²) < 4.78 is 39.5. The number of thiazole rings is 1. The summed E-state index contributed by atoms with van der Waals surface area (Å²) >= 11 is 6.87. The van der Waals surface area contributed by atoms with Crippen LogP contribution in [-0.4, -0.2) is 26.1 Å². The van der Waals surface area contributed by atoms with E-state index in [4.69, 9.17) is 11.6 Å². The number of alkyl halides is 3. The SMILES string of the molecule is Cc1nc(NC(=O)c2ccc(Cl)c(C(F)(F)F)c2)sc1-c1ccc2c(/C=C/c3ccccn3)n[nH]c2c1. The molecule has 186 valence electrons. The number of aryl methyl sites for hydroxylation is 1. The molecule has 6 nitrogen and oxygen atoms in total. The summed E-state index contributed by atoms with van der Waals surface area (Å²) in [5.41, 5.74) is 2.69. The third kappa shape index (κ3) is 5.25. The van der Waals surface area contributed by atoms with Gasteiger partial charge in [0, 0.05) is 17.1 Å². The molecule has 0 unspecified atom stereocenters. The molecule has 0 fully saturated rings. The molecule has 0 aliphatic heterocycles. The van der Waals surface area contributed by atoms with Crippen LogP contribution < -0.4 is 5.32 Å². The Bertz CT molecular complexity index is 1640. The number of nitrogens with one attached hydrogen (secondary N) is 2. The lowest BCUT2D eigenvalue weighted by Crippen LogP contribution is -2.14. The number of pyridine rings is 1. The molecule has 0 saturated heterocycles. The van der Waals surface area contributed by atoms with Crippen LogP contribution in [-0.2, 0) is 6.18 Å². The van der Waals surface area contributed by atoms with Crippen LogP contribution in [0.3, 0.4) is 0 Å². The van der Waals surface area contributed by atoms with E-state index in [1.54, 1.807) is 13.1 Å². The van der Waals surface area contributed by atoms with Crippen molar-refractivity contribution < 1.29 is 18.0 Å². The summed E-state index contributed by atoms with van der Waals surface area (Å²) in [5, 5.41) is 10.7. The molecular formula is C26H17ClF3N5OS. The van der Waals surface area contributed by atoms with Gasteiger partial charge in [-0.15, -0.1) is 0 Å². The minimum Gasteiger partial charge on any atom is -0.298 e. The van der Waals surface area contributed by atoms with Gasteiger partial charge in [0.2, 0.25) is 0 Å². The van der Waals surface area contributed by atoms with Crippen molar-refractivity contribution in [2.45, 2.75) is 13.1 Å². The van der Waals surface area contributed by atoms with Crippen molar-refractivity contribution in [1.82, 2.24) is 20.2 Å². The molecule has 1 amide bonds. The minimum absolute atomic E-state index is 0.170. The van der Waals surface area contributed by atoms with E-state index < -0.39 is 22.7 Å². The molecule has 3 heterocycles. The lowest BCUT2D eigenvalue weighted by Gasteiger charge is -2.10. The monoisotopic (exact) mass is 539 g/mol. The van der Waals surface area contributed by atoms with Gasteiger partial charge >= 0.3 is 6.18 Å². The number of aromatic nitrogens is 4. The Balaban J connectivity index is 1.37. The summed E-state index contributed by atoms with van der Waals surface area (Å²) in [6, 6.07) is 14.5. The molecule has 5 rings (SSSR count). The number of benzene rings is 2. The Labute approximate surface area is 217 Å². The number of carbonyl (C=O) groups is 1. The van der Waals surface area contributed by atoms with Crippen LogP contribution >= 0.6 is 22.9 Å². The Hall–Kier alpha value is -4.02. The van der Waals surface area contributed by atoms with E-state index in [2.05, 4.69) is 25.5 Å². The van der Waals surface area contributed by atoms with Crippen molar-refractivity contribution >= 4 is 57.0 Å². The van der Waals surface area contributed by atoms with Gasteiger partial charge in [-0.25, -0.2) is 4.98 Å². The van der Waals surface area contributed by atoms with Gasteiger partial charge < -0.3 is 0 Å². The first kappa shape index (κ1) is 24.7. The quantitative estimate of drug-likeness (QED) is 0.242. The number of rotatable bonds is 5. The maximum atomic E-state index is 13.2. The normalized spacial score (nSPS) is 11.9. The zero-order chi connectivity index (χ0) is 26.2. The molecule has 0 aliphatic carbocycles. The topological polar surface area (TPSA) is 83.6 Å². The van der Waals surface area contributed by atoms with Gasteiger partial charge in [0.15, 0.2) is 5.13 Å². The molecule has 11 heteroatoms. The molecule has 2 aromatic carbocycles. The summed E-state index contributed by atoms with van der Waals surface area (Å²) in [7, 11) is 0. The number of anilines is 1. The number of H-pyrrole nitrogens is 1. The van der Waals surface area contributed by atoms with Gasteiger partial charge in [-0.05, 0) is 67.1 Å². The van der Waals surface area contributed by atoms with E-state index >= 15 is 0 Å². The molecule has 0 aliphatic rings. The summed E-state index contributed by atoms with van der Waals surface area (Å²) in [6.45, 7) is 1.80. The second-order valence-electron chi connectivity index (χ2n) is 8.04. The number of carbonyl (C=O) groups excluding carboxylic acids is 1. The van der Waals surface area contributed by atoms with Crippen LogP contribution in [0.4, 0.5) is 18.3 Å². The smallest absolute Gasteiger partial charge is 0.298 e. The average Bonchev–Trinajstić information content (AvgIpc) is 3.45. The fraction of sp³-hybridized carbons (Fsp3) is 0.0769. The fourth-order valence-electron chi connectivity index (χ4n) is 3.72. The molecule has 0 atom stereocenters. The molecule has 0 radical (unpaired) electrons. The maximum absolute atomic E-state index is 13.2. The van der Waals surface area contributed by atoms with Gasteiger partial charge in [0.05, 0.1) is 38.1 Å². The Morgan fingerprint density at radius 1 is 1.11 bits per heavy atom. The summed E-state index contributed by atoms with van der Waals surface area (Å²) in [6.07, 6.45) is 0.813. The molecule has 5 aromatic rings. The Morgan fingerprint density at radius 3 is 2.70 bits per heavy atom. The Kier molecular flexibility index (Phi) is 6.53. The van der Waals surface area contributed by atoms with Gasteiger partial charge in [-0.3, -0.25) is 20.2 Å². The highest BCUT2D eigenvalue weighted by molar-refractivity contribution is 7.19. The van der Waals surface area contributed by atoms with E-state index in [-0.39, 0.29) is 10.7 Å². The molecule has 3 aromatic heterocycles. The highest BCUT2D eigenvalue weighted by atomic mass is 35.5. The number of hydrogen-bond donors (Lipinski definition) is 2. The minimum atomic E-state index is -4.67. The van der Waals surface area contributed by atoms with E-state index in [9.17, 15) is 18.0 Å². The zero-order valence-electron chi connectivity index (χ0n) is 19.1. The lowest BCUT2D eigenvalue weighted by molar-refractivity contribution is -0.137. The van der Waals surface area contributed by atoms with Crippen molar-refractivity contribution in [3.8, 4) is 10.4 Å². The summed E-state index contributed by atoms with van der Waals surface area (Å²) in [4.78, 5) is 22.1. The van der Waals surface area contributed by atoms with Crippen LogP contribution in [0, 0.1) is 6.92 Å². The van der Waals surface area contributed by atoms with Gasteiger partial charge in [0.1, 0.15) is 0 Å². The molecular weight excluding hydrogens is 523 g/mol. The van der Waals surface area contributed by atoms with E-state index in [0.717, 1.165) is 44.9 Å². The second-order valence-corrected chi connectivity index (χ2v) is 9.44. The van der Waals surface area contributed by atoms with Crippen molar-refractivity contribution in [2.75, 3.05) is 5.32 Å². The highest BCUT2D eigenvalue weighted by Crippen LogP contribution is 2.37. The lowest BCUT2D eigenvalue weighted by atomic mass is 10.1. The van der Waals surface area contributed by atoms with Crippen LogP contribution in [0.25, 0.3) is 33.5 Å². The molecule has 0 saturated carbocycles. The number of hydrogen-bond acceptors (Lipinski definition) is 5. The summed E-state index contributed by atoms with van der Waals surface area (Å²) in [5.74, 6) is -0.712. The third-order valence-electron chi connectivity index (χ3n) is 5.51. The standard InChI is InChI=1S/C26H17ClF3N5OS/c1-14-23(37-25(32-14)33-24(36)16-6-9-20(27)19(12-16)26(28,29)30)15-5-8-18-21(34-35-22(18)13-15)10-7-17-4-2-3-11-31-17/h2-13H,1H3,(H,34,35)(H,32,33,36)/b10-7+. The maximum Gasteiger partial charge on any atom is 0.417 e. The van der Waals surface area contributed by atoms with E-state index in [1.807, 2.05) is 48.6 Å².